The molecule has 6 nitrogen and oxygen atoms in total. The summed E-state index contributed by atoms with van der Waals surface area (Å²) in [6.45, 7) is 10.1. The molecular weight excluding hydrogens is 408 g/mol. The van der Waals surface area contributed by atoms with Crippen molar-refractivity contribution in [1.82, 2.24) is 0 Å². The molecule has 0 aromatic heterocycles. The topological polar surface area (TPSA) is 93.1 Å². The van der Waals surface area contributed by atoms with Gasteiger partial charge in [-0.15, -0.1) is 0 Å². The Morgan fingerprint density at radius 3 is 1.88 bits per heavy atom. The number of ketones is 2. The van der Waals surface area contributed by atoms with Crippen molar-refractivity contribution < 1.29 is 29.3 Å². The molecule has 2 N–H and O–H groups in total. The maximum Gasteiger partial charge on any atom is 0.169 e. The van der Waals surface area contributed by atoms with Crippen LogP contribution in [0.4, 0.5) is 0 Å². The minimum Gasteiger partial charge on any atom is -0.487 e. The molecule has 0 radical (unpaired) electrons. The number of hydrogen-bond acceptors (Lipinski definition) is 6. The number of ether oxygens (including phenoxy) is 2. The quantitative estimate of drug-likeness (QED) is 0.461. The molecule has 2 unspecified atom stereocenters. The van der Waals surface area contributed by atoms with E-state index in [9.17, 15) is 19.8 Å². The highest BCUT2D eigenvalue weighted by Gasteiger charge is 2.19. The van der Waals surface area contributed by atoms with Gasteiger partial charge in [-0.2, -0.15) is 0 Å². The van der Waals surface area contributed by atoms with E-state index in [4.69, 9.17) is 9.47 Å². The molecule has 0 saturated carbocycles. The fourth-order valence-corrected chi connectivity index (χ4v) is 2.88. The Morgan fingerprint density at radius 1 is 0.812 bits per heavy atom. The number of carbonyl (C=O) groups excluding carboxylic acids is 2. The summed E-state index contributed by atoms with van der Waals surface area (Å²) in [5.74, 6) is 0.255. The molecule has 2 aromatic rings. The van der Waals surface area contributed by atoms with Gasteiger partial charge in [-0.1, -0.05) is 55.6 Å². The fraction of sp³-hybridized carbons (Fsp3) is 0.308. The SMILES string of the molecule is C=C(C)C(=O)CC(O)COc1cccc(-c2ccccc2)c1OCC(O)CC(=O)C(=C)C. The van der Waals surface area contributed by atoms with Crippen LogP contribution in [0.15, 0.2) is 72.8 Å². The summed E-state index contributed by atoms with van der Waals surface area (Å²) in [7, 11) is 0. The number of aliphatic hydroxyl groups is 2. The molecule has 0 saturated heterocycles. The second-order valence-corrected chi connectivity index (χ2v) is 7.74. The van der Waals surface area contributed by atoms with Gasteiger partial charge >= 0.3 is 0 Å². The number of para-hydroxylation sites is 1. The number of rotatable bonds is 13. The molecule has 0 aliphatic rings. The largest absolute Gasteiger partial charge is 0.487 e. The number of allylic oxidation sites excluding steroid dienone is 2. The second-order valence-electron chi connectivity index (χ2n) is 7.74. The van der Waals surface area contributed by atoms with Crippen molar-refractivity contribution in [3.8, 4) is 22.6 Å². The Hall–Kier alpha value is -3.22. The molecule has 0 fully saturated rings. The maximum absolute atomic E-state index is 11.8. The maximum atomic E-state index is 11.8. The van der Waals surface area contributed by atoms with E-state index in [1.54, 1.807) is 26.0 Å². The summed E-state index contributed by atoms with van der Waals surface area (Å²) < 4.78 is 11.7. The number of carbonyl (C=O) groups is 2. The molecular formula is C26H30O6. The molecule has 32 heavy (non-hydrogen) atoms. The summed E-state index contributed by atoms with van der Waals surface area (Å²) in [6, 6.07) is 14.8. The third-order valence-corrected chi connectivity index (χ3v) is 4.71. The standard InChI is InChI=1S/C26H30O6/c1-17(2)23(29)13-20(27)15-31-25-12-8-11-22(19-9-6-5-7-10-19)26(25)32-16-21(28)14-24(30)18(3)4/h5-12,20-21,27-28H,1,3,13-16H2,2,4H3. The van der Waals surface area contributed by atoms with Crippen molar-refractivity contribution in [3.05, 3.63) is 72.8 Å². The third-order valence-electron chi connectivity index (χ3n) is 4.71. The molecule has 0 bridgehead atoms. The molecule has 6 heteroatoms. The van der Waals surface area contributed by atoms with Gasteiger partial charge in [-0.25, -0.2) is 0 Å². The Labute approximate surface area is 188 Å². The van der Waals surface area contributed by atoms with E-state index in [0.717, 1.165) is 11.1 Å². The summed E-state index contributed by atoms with van der Waals surface area (Å²) in [5, 5.41) is 20.4. The highest BCUT2D eigenvalue weighted by molar-refractivity contribution is 5.94. The summed E-state index contributed by atoms with van der Waals surface area (Å²) in [6.07, 6.45) is -2.22. The van der Waals surface area contributed by atoms with Crippen molar-refractivity contribution >= 4 is 11.6 Å². The first-order chi connectivity index (χ1) is 15.2. The van der Waals surface area contributed by atoms with Crippen LogP contribution >= 0.6 is 0 Å². The summed E-state index contributed by atoms with van der Waals surface area (Å²) in [4.78, 5) is 23.6. The monoisotopic (exact) mass is 438 g/mol. The normalized spacial score (nSPS) is 12.5. The van der Waals surface area contributed by atoms with Crippen LogP contribution in [0.3, 0.4) is 0 Å². The van der Waals surface area contributed by atoms with Gasteiger partial charge in [0.25, 0.3) is 0 Å². The molecule has 0 heterocycles. The van der Waals surface area contributed by atoms with E-state index in [0.29, 0.717) is 22.6 Å². The van der Waals surface area contributed by atoms with Crippen LogP contribution in [0.25, 0.3) is 11.1 Å². The lowest BCUT2D eigenvalue weighted by Crippen LogP contribution is -2.23. The zero-order chi connectivity index (χ0) is 23.7. The van der Waals surface area contributed by atoms with Gasteiger partial charge < -0.3 is 19.7 Å². The van der Waals surface area contributed by atoms with Crippen LogP contribution in [0.2, 0.25) is 0 Å². The van der Waals surface area contributed by atoms with Crippen molar-refractivity contribution in [1.29, 1.82) is 0 Å². The minimum atomic E-state index is -1.02. The van der Waals surface area contributed by atoms with Crippen LogP contribution in [0.1, 0.15) is 26.7 Å². The van der Waals surface area contributed by atoms with Gasteiger partial charge in [0.15, 0.2) is 23.1 Å². The molecule has 0 amide bonds. The highest BCUT2D eigenvalue weighted by Crippen LogP contribution is 2.38. The van der Waals surface area contributed by atoms with Crippen LogP contribution in [-0.4, -0.2) is 47.2 Å². The first-order valence-corrected chi connectivity index (χ1v) is 10.4. The van der Waals surface area contributed by atoms with Crippen molar-refractivity contribution in [2.45, 2.75) is 38.9 Å². The minimum absolute atomic E-state index is 0.0916. The number of aliphatic hydroxyl groups excluding tert-OH is 2. The smallest absolute Gasteiger partial charge is 0.169 e. The third kappa shape index (κ3) is 7.48. The lowest BCUT2D eigenvalue weighted by molar-refractivity contribution is -0.118. The van der Waals surface area contributed by atoms with Gasteiger partial charge in [-0.3, -0.25) is 9.59 Å². The van der Waals surface area contributed by atoms with Crippen LogP contribution in [0, 0.1) is 0 Å². The molecule has 0 aliphatic heterocycles. The first kappa shape index (κ1) is 25.0. The Balaban J connectivity index is 2.21. The zero-order valence-electron chi connectivity index (χ0n) is 18.5. The molecule has 2 aromatic carbocycles. The van der Waals surface area contributed by atoms with Gasteiger partial charge in [-0.05, 0) is 36.6 Å². The lowest BCUT2D eigenvalue weighted by atomic mass is 10.0. The van der Waals surface area contributed by atoms with Crippen molar-refractivity contribution in [2.75, 3.05) is 13.2 Å². The number of hydrogen-bond donors (Lipinski definition) is 2. The number of Topliss-reactive ketones (excluding diaryl/α,β-unsaturated/α-hetero) is 2. The molecule has 170 valence electrons. The van der Waals surface area contributed by atoms with Crippen LogP contribution in [0.5, 0.6) is 11.5 Å². The van der Waals surface area contributed by atoms with E-state index in [1.807, 2.05) is 36.4 Å². The van der Waals surface area contributed by atoms with E-state index in [-0.39, 0.29) is 37.6 Å². The Morgan fingerprint density at radius 2 is 1.34 bits per heavy atom. The second kappa shape index (κ2) is 12.0. The van der Waals surface area contributed by atoms with E-state index < -0.39 is 12.2 Å². The lowest BCUT2D eigenvalue weighted by Gasteiger charge is -2.19. The first-order valence-electron chi connectivity index (χ1n) is 10.4. The Bertz CT molecular complexity index is 964. The zero-order valence-corrected chi connectivity index (χ0v) is 18.5. The molecule has 0 aliphatic carbocycles. The van der Waals surface area contributed by atoms with Gasteiger partial charge in [0, 0.05) is 18.4 Å². The van der Waals surface area contributed by atoms with Crippen LogP contribution < -0.4 is 9.47 Å². The fourth-order valence-electron chi connectivity index (χ4n) is 2.88. The molecule has 0 spiro atoms. The molecule has 2 atom stereocenters. The predicted octanol–water partition coefficient (Wildman–Crippen LogP) is 3.90. The van der Waals surface area contributed by atoms with Crippen LogP contribution in [-0.2, 0) is 9.59 Å². The Kier molecular flexibility index (Phi) is 9.38. The van der Waals surface area contributed by atoms with Crippen molar-refractivity contribution in [2.24, 2.45) is 0 Å². The highest BCUT2D eigenvalue weighted by atomic mass is 16.5. The van der Waals surface area contributed by atoms with Gasteiger partial charge in [0.1, 0.15) is 13.2 Å². The number of benzene rings is 2. The average molecular weight is 439 g/mol. The average Bonchev–Trinajstić information content (AvgIpc) is 2.76. The van der Waals surface area contributed by atoms with Crippen molar-refractivity contribution in [3.63, 3.8) is 0 Å². The summed E-state index contributed by atoms with van der Waals surface area (Å²) in [5.41, 5.74) is 2.35. The van der Waals surface area contributed by atoms with E-state index in [1.165, 1.54) is 0 Å². The summed E-state index contributed by atoms with van der Waals surface area (Å²) >= 11 is 0. The predicted molar refractivity (Wildman–Crippen MR) is 124 cm³/mol. The van der Waals surface area contributed by atoms with Gasteiger partial charge in [0.2, 0.25) is 0 Å². The van der Waals surface area contributed by atoms with E-state index >= 15 is 0 Å². The van der Waals surface area contributed by atoms with Gasteiger partial charge in [0.05, 0.1) is 12.2 Å². The van der Waals surface area contributed by atoms with E-state index in [2.05, 4.69) is 13.2 Å². The molecule has 2 rings (SSSR count).